The minimum atomic E-state index is -0.985. The second kappa shape index (κ2) is 4.43. The Kier molecular flexibility index (Phi) is 3.50. The summed E-state index contributed by atoms with van der Waals surface area (Å²) in [5.41, 5.74) is 0. The van der Waals surface area contributed by atoms with E-state index >= 15 is 0 Å². The quantitative estimate of drug-likeness (QED) is 0.662. The highest BCUT2D eigenvalue weighted by Gasteiger charge is 2.34. The van der Waals surface area contributed by atoms with E-state index < -0.39 is 12.2 Å². The average molecular weight is 189 g/mol. The van der Waals surface area contributed by atoms with Crippen LogP contribution in [0.2, 0.25) is 0 Å². The molecule has 13 heavy (non-hydrogen) atoms. The monoisotopic (exact) mass is 189 g/mol. The standard InChI is InChI=1S/C8H15NO4/c1-2-13-5-6-3-7(10)4-9(6)8(11)12/h6-7,10H,2-5H2,1H3,(H,11,12)/t6-,7-/m0/s1. The molecular formula is C8H15NO4. The highest BCUT2D eigenvalue weighted by molar-refractivity contribution is 5.66. The Hall–Kier alpha value is -0.810. The van der Waals surface area contributed by atoms with Crippen LogP contribution in [0.1, 0.15) is 13.3 Å². The van der Waals surface area contributed by atoms with Crippen LogP contribution in [0.25, 0.3) is 0 Å². The molecule has 0 aromatic rings. The number of carbonyl (C=O) groups is 1. The molecule has 0 spiro atoms. The summed E-state index contributed by atoms with van der Waals surface area (Å²) in [6, 6.07) is -0.188. The summed E-state index contributed by atoms with van der Waals surface area (Å²) >= 11 is 0. The molecule has 0 aromatic carbocycles. The zero-order valence-corrected chi connectivity index (χ0v) is 7.64. The van der Waals surface area contributed by atoms with Crippen molar-refractivity contribution in [1.82, 2.24) is 4.90 Å². The van der Waals surface area contributed by atoms with Crippen LogP contribution in [0.4, 0.5) is 4.79 Å². The summed E-state index contributed by atoms with van der Waals surface area (Å²) in [6.07, 6.45) is -1.05. The van der Waals surface area contributed by atoms with Crippen LogP contribution in [0, 0.1) is 0 Å². The Morgan fingerprint density at radius 1 is 1.69 bits per heavy atom. The van der Waals surface area contributed by atoms with E-state index in [1.54, 1.807) is 0 Å². The molecule has 0 aromatic heterocycles. The van der Waals surface area contributed by atoms with Crippen molar-refractivity contribution in [3.05, 3.63) is 0 Å². The molecule has 1 heterocycles. The first-order valence-corrected chi connectivity index (χ1v) is 4.40. The Bertz CT molecular complexity index is 185. The Morgan fingerprint density at radius 2 is 2.38 bits per heavy atom. The van der Waals surface area contributed by atoms with Gasteiger partial charge in [0.15, 0.2) is 0 Å². The molecule has 2 atom stereocenters. The Labute approximate surface area is 76.9 Å². The number of likely N-dealkylation sites (tertiary alicyclic amines) is 1. The molecule has 0 unspecified atom stereocenters. The highest BCUT2D eigenvalue weighted by atomic mass is 16.5. The number of aliphatic hydroxyl groups excluding tert-OH is 1. The van der Waals surface area contributed by atoms with Crippen molar-refractivity contribution in [3.8, 4) is 0 Å². The van der Waals surface area contributed by atoms with Crippen molar-refractivity contribution in [1.29, 1.82) is 0 Å². The van der Waals surface area contributed by atoms with Gasteiger partial charge in [-0.05, 0) is 13.3 Å². The summed E-state index contributed by atoms with van der Waals surface area (Å²) in [5, 5.41) is 18.0. The molecule has 1 fully saturated rings. The van der Waals surface area contributed by atoms with Gasteiger partial charge in [-0.3, -0.25) is 0 Å². The molecule has 1 saturated heterocycles. The number of nitrogens with zero attached hydrogens (tertiary/aromatic N) is 1. The van der Waals surface area contributed by atoms with E-state index in [1.807, 2.05) is 6.92 Å². The highest BCUT2D eigenvalue weighted by Crippen LogP contribution is 2.17. The van der Waals surface area contributed by atoms with Crippen LogP contribution in [-0.4, -0.2) is 53.1 Å². The molecule has 5 heteroatoms. The fourth-order valence-electron chi connectivity index (χ4n) is 1.54. The number of amides is 1. The van der Waals surface area contributed by atoms with Gasteiger partial charge in [-0.2, -0.15) is 0 Å². The summed E-state index contributed by atoms with van der Waals surface area (Å²) in [6.45, 7) is 3.00. The first-order valence-electron chi connectivity index (χ1n) is 4.40. The summed E-state index contributed by atoms with van der Waals surface area (Å²) in [7, 11) is 0. The van der Waals surface area contributed by atoms with Gasteiger partial charge in [0.1, 0.15) is 0 Å². The smallest absolute Gasteiger partial charge is 0.407 e. The van der Waals surface area contributed by atoms with E-state index in [9.17, 15) is 9.90 Å². The van der Waals surface area contributed by atoms with Gasteiger partial charge in [0.2, 0.25) is 0 Å². The SMILES string of the molecule is CCOC[C@@H]1C[C@H](O)CN1C(=O)O. The lowest BCUT2D eigenvalue weighted by Crippen LogP contribution is -2.37. The van der Waals surface area contributed by atoms with Crippen LogP contribution in [-0.2, 0) is 4.74 Å². The number of aliphatic hydroxyl groups is 1. The van der Waals surface area contributed by atoms with Gasteiger partial charge < -0.3 is 19.8 Å². The molecule has 76 valence electrons. The van der Waals surface area contributed by atoms with E-state index in [4.69, 9.17) is 9.84 Å². The van der Waals surface area contributed by atoms with Crippen molar-refractivity contribution < 1.29 is 19.7 Å². The van der Waals surface area contributed by atoms with E-state index in [0.29, 0.717) is 19.6 Å². The maximum Gasteiger partial charge on any atom is 0.407 e. The number of hydrogen-bond donors (Lipinski definition) is 2. The third-order valence-electron chi connectivity index (χ3n) is 2.15. The van der Waals surface area contributed by atoms with Crippen molar-refractivity contribution in [2.45, 2.75) is 25.5 Å². The molecular weight excluding hydrogens is 174 g/mol. The van der Waals surface area contributed by atoms with E-state index in [-0.39, 0.29) is 12.6 Å². The lowest BCUT2D eigenvalue weighted by Gasteiger charge is -2.20. The number of rotatable bonds is 3. The Morgan fingerprint density at radius 3 is 2.92 bits per heavy atom. The second-order valence-electron chi connectivity index (χ2n) is 3.14. The van der Waals surface area contributed by atoms with Crippen LogP contribution in [0.15, 0.2) is 0 Å². The predicted molar refractivity (Wildman–Crippen MR) is 45.6 cm³/mol. The lowest BCUT2D eigenvalue weighted by atomic mass is 10.2. The first-order chi connectivity index (χ1) is 6.15. The van der Waals surface area contributed by atoms with Crippen molar-refractivity contribution in [3.63, 3.8) is 0 Å². The topological polar surface area (TPSA) is 70.0 Å². The van der Waals surface area contributed by atoms with Gasteiger partial charge in [0.25, 0.3) is 0 Å². The van der Waals surface area contributed by atoms with Gasteiger partial charge >= 0.3 is 6.09 Å². The molecule has 0 radical (unpaired) electrons. The third-order valence-corrected chi connectivity index (χ3v) is 2.15. The summed E-state index contributed by atoms with van der Waals surface area (Å²) in [5.74, 6) is 0. The molecule has 0 saturated carbocycles. The van der Waals surface area contributed by atoms with E-state index in [2.05, 4.69) is 0 Å². The Balaban J connectivity index is 2.45. The maximum atomic E-state index is 10.7. The summed E-state index contributed by atoms with van der Waals surface area (Å²) in [4.78, 5) is 11.9. The lowest BCUT2D eigenvalue weighted by molar-refractivity contribution is 0.0790. The molecule has 1 aliphatic heterocycles. The largest absolute Gasteiger partial charge is 0.465 e. The van der Waals surface area contributed by atoms with Crippen molar-refractivity contribution in [2.75, 3.05) is 19.8 Å². The predicted octanol–water partition coefficient (Wildman–Crippen LogP) is 0.136. The van der Waals surface area contributed by atoms with Crippen LogP contribution in [0.5, 0.6) is 0 Å². The first kappa shape index (κ1) is 10.3. The zero-order valence-electron chi connectivity index (χ0n) is 7.64. The number of hydrogen-bond acceptors (Lipinski definition) is 3. The van der Waals surface area contributed by atoms with Crippen LogP contribution >= 0.6 is 0 Å². The number of β-amino-alcohol motifs (C(OH)–C–C–N with tert-alkyl or cyclic N) is 1. The van der Waals surface area contributed by atoms with Gasteiger partial charge in [0.05, 0.1) is 25.3 Å². The van der Waals surface area contributed by atoms with Crippen molar-refractivity contribution >= 4 is 6.09 Å². The average Bonchev–Trinajstić information content (AvgIpc) is 2.43. The molecule has 1 amide bonds. The minimum absolute atomic E-state index is 0.188. The molecule has 5 nitrogen and oxygen atoms in total. The van der Waals surface area contributed by atoms with E-state index in [1.165, 1.54) is 4.90 Å². The molecule has 2 N–H and O–H groups in total. The molecule has 1 rings (SSSR count). The summed E-state index contributed by atoms with van der Waals surface area (Å²) < 4.78 is 5.13. The fraction of sp³-hybridized carbons (Fsp3) is 0.875. The second-order valence-corrected chi connectivity index (χ2v) is 3.14. The van der Waals surface area contributed by atoms with E-state index in [0.717, 1.165) is 0 Å². The van der Waals surface area contributed by atoms with Gasteiger partial charge in [-0.25, -0.2) is 4.79 Å². The van der Waals surface area contributed by atoms with Crippen LogP contribution < -0.4 is 0 Å². The minimum Gasteiger partial charge on any atom is -0.465 e. The van der Waals surface area contributed by atoms with Gasteiger partial charge in [0, 0.05) is 6.61 Å². The van der Waals surface area contributed by atoms with Gasteiger partial charge in [-0.1, -0.05) is 0 Å². The van der Waals surface area contributed by atoms with Crippen molar-refractivity contribution in [2.24, 2.45) is 0 Å². The zero-order chi connectivity index (χ0) is 9.84. The third kappa shape index (κ3) is 2.57. The molecule has 0 aliphatic carbocycles. The normalized spacial score (nSPS) is 28.0. The number of carboxylic acid groups (broad SMARTS) is 1. The van der Waals surface area contributed by atoms with Crippen LogP contribution in [0.3, 0.4) is 0 Å². The number of ether oxygens (including phenoxy) is 1. The van der Waals surface area contributed by atoms with Gasteiger partial charge in [-0.15, -0.1) is 0 Å². The maximum absolute atomic E-state index is 10.7. The molecule has 1 aliphatic rings. The fourth-order valence-corrected chi connectivity index (χ4v) is 1.54. The molecule has 0 bridgehead atoms.